The number of rotatable bonds is 7. The summed E-state index contributed by atoms with van der Waals surface area (Å²) < 4.78 is 11.2. The molecule has 1 unspecified atom stereocenters. The van der Waals surface area contributed by atoms with Crippen molar-refractivity contribution in [2.24, 2.45) is 5.41 Å². The molecule has 0 saturated carbocycles. The van der Waals surface area contributed by atoms with Gasteiger partial charge < -0.3 is 19.9 Å². The fourth-order valence-corrected chi connectivity index (χ4v) is 1.56. The van der Waals surface area contributed by atoms with E-state index in [0.717, 1.165) is 0 Å². The van der Waals surface area contributed by atoms with Crippen LogP contribution in [0.5, 0.6) is 11.5 Å². The van der Waals surface area contributed by atoms with E-state index in [4.69, 9.17) is 9.47 Å². The van der Waals surface area contributed by atoms with E-state index in [1.807, 2.05) is 34.6 Å². The summed E-state index contributed by atoms with van der Waals surface area (Å²) in [4.78, 5) is 12.0. The summed E-state index contributed by atoms with van der Waals surface area (Å²) in [6.45, 7) is 10.3. The summed E-state index contributed by atoms with van der Waals surface area (Å²) in [5, 5.41) is 12.5. The molecule has 0 aromatic heterocycles. The highest BCUT2D eigenvalue weighted by atomic mass is 16.6. The Morgan fingerprint density at radius 3 is 2.32 bits per heavy atom. The Kier molecular flexibility index (Phi) is 6.68. The van der Waals surface area contributed by atoms with Gasteiger partial charge >= 0.3 is 5.97 Å². The zero-order chi connectivity index (χ0) is 16.8. The standard InChI is InChI=1S/C17H27NO4/c1-12(2)18-10-15(22-16(20)17(3,4)5)11-21-14-8-6-13(19)7-9-14/h6-9,12,15,18-19H,10-11H2,1-5H3. The van der Waals surface area contributed by atoms with Gasteiger partial charge in [0.15, 0.2) is 0 Å². The zero-order valence-electron chi connectivity index (χ0n) is 14.1. The second kappa shape index (κ2) is 8.03. The third-order valence-corrected chi connectivity index (χ3v) is 2.91. The van der Waals surface area contributed by atoms with Crippen LogP contribution < -0.4 is 10.1 Å². The van der Waals surface area contributed by atoms with E-state index in [1.165, 1.54) is 0 Å². The lowest BCUT2D eigenvalue weighted by Crippen LogP contribution is -2.40. The minimum Gasteiger partial charge on any atom is -0.508 e. The maximum Gasteiger partial charge on any atom is 0.311 e. The van der Waals surface area contributed by atoms with Crippen molar-refractivity contribution in [2.75, 3.05) is 13.2 Å². The quantitative estimate of drug-likeness (QED) is 0.758. The Balaban J connectivity index is 2.60. The smallest absolute Gasteiger partial charge is 0.311 e. The van der Waals surface area contributed by atoms with Crippen molar-refractivity contribution in [3.63, 3.8) is 0 Å². The molecule has 22 heavy (non-hydrogen) atoms. The number of hydrogen-bond donors (Lipinski definition) is 2. The normalized spacial score (nSPS) is 13.0. The van der Waals surface area contributed by atoms with E-state index in [0.29, 0.717) is 18.3 Å². The summed E-state index contributed by atoms with van der Waals surface area (Å²) in [5.74, 6) is 0.557. The van der Waals surface area contributed by atoms with Gasteiger partial charge in [0.2, 0.25) is 0 Å². The largest absolute Gasteiger partial charge is 0.508 e. The molecule has 1 atom stereocenters. The van der Waals surface area contributed by atoms with Gasteiger partial charge in [0, 0.05) is 12.6 Å². The van der Waals surface area contributed by atoms with Crippen molar-refractivity contribution in [1.82, 2.24) is 5.32 Å². The van der Waals surface area contributed by atoms with Gasteiger partial charge in [-0.25, -0.2) is 0 Å². The third kappa shape index (κ3) is 6.80. The minimum atomic E-state index is -0.547. The predicted octanol–water partition coefficient (Wildman–Crippen LogP) is 2.73. The van der Waals surface area contributed by atoms with Crippen LogP contribution >= 0.6 is 0 Å². The summed E-state index contributed by atoms with van der Waals surface area (Å²) in [7, 11) is 0. The van der Waals surface area contributed by atoms with E-state index >= 15 is 0 Å². The number of nitrogens with one attached hydrogen (secondary N) is 1. The van der Waals surface area contributed by atoms with Gasteiger partial charge in [-0.15, -0.1) is 0 Å². The number of carbonyl (C=O) groups is 1. The van der Waals surface area contributed by atoms with Crippen molar-refractivity contribution in [3.8, 4) is 11.5 Å². The fraction of sp³-hybridized carbons (Fsp3) is 0.588. The SMILES string of the molecule is CC(C)NCC(COc1ccc(O)cc1)OC(=O)C(C)(C)C. The molecule has 5 nitrogen and oxygen atoms in total. The maximum atomic E-state index is 12.0. The van der Waals surface area contributed by atoms with E-state index < -0.39 is 5.41 Å². The number of phenols is 1. The Hall–Kier alpha value is -1.75. The Labute approximate surface area is 132 Å². The number of benzene rings is 1. The Morgan fingerprint density at radius 2 is 1.82 bits per heavy atom. The van der Waals surface area contributed by atoms with E-state index in [9.17, 15) is 9.90 Å². The number of esters is 1. The lowest BCUT2D eigenvalue weighted by Gasteiger charge is -2.24. The average Bonchev–Trinajstić information content (AvgIpc) is 2.42. The van der Waals surface area contributed by atoms with Crippen molar-refractivity contribution < 1.29 is 19.4 Å². The van der Waals surface area contributed by atoms with Gasteiger partial charge in [0.25, 0.3) is 0 Å². The lowest BCUT2D eigenvalue weighted by molar-refractivity contribution is -0.159. The first-order chi connectivity index (χ1) is 10.2. The number of aromatic hydroxyl groups is 1. The van der Waals surface area contributed by atoms with Crippen LogP contribution in [0.25, 0.3) is 0 Å². The molecule has 0 amide bonds. The molecular formula is C17H27NO4. The molecule has 0 heterocycles. The lowest BCUT2D eigenvalue weighted by atomic mass is 9.97. The number of ether oxygens (including phenoxy) is 2. The second-order valence-electron chi connectivity index (χ2n) is 6.65. The van der Waals surface area contributed by atoms with Crippen LogP contribution in [0.3, 0.4) is 0 Å². The highest BCUT2D eigenvalue weighted by molar-refractivity contribution is 5.75. The van der Waals surface area contributed by atoms with Gasteiger partial charge in [-0.05, 0) is 45.0 Å². The van der Waals surface area contributed by atoms with Gasteiger partial charge in [-0.3, -0.25) is 4.79 Å². The molecule has 0 bridgehead atoms. The number of carbonyl (C=O) groups excluding carboxylic acids is 1. The molecular weight excluding hydrogens is 282 g/mol. The molecule has 0 aliphatic carbocycles. The maximum absolute atomic E-state index is 12.0. The molecule has 0 fully saturated rings. The van der Waals surface area contributed by atoms with Crippen molar-refractivity contribution in [3.05, 3.63) is 24.3 Å². The highest BCUT2D eigenvalue weighted by Gasteiger charge is 2.26. The first-order valence-corrected chi connectivity index (χ1v) is 7.55. The highest BCUT2D eigenvalue weighted by Crippen LogP contribution is 2.18. The van der Waals surface area contributed by atoms with Gasteiger partial charge in [0.1, 0.15) is 24.2 Å². The van der Waals surface area contributed by atoms with E-state index in [2.05, 4.69) is 5.32 Å². The molecule has 1 aromatic rings. The first kappa shape index (κ1) is 18.3. The Morgan fingerprint density at radius 1 is 1.23 bits per heavy atom. The summed E-state index contributed by atoms with van der Waals surface area (Å²) in [5.41, 5.74) is -0.547. The summed E-state index contributed by atoms with van der Waals surface area (Å²) >= 11 is 0. The van der Waals surface area contributed by atoms with Gasteiger partial charge in [-0.2, -0.15) is 0 Å². The first-order valence-electron chi connectivity index (χ1n) is 7.55. The average molecular weight is 309 g/mol. The van der Waals surface area contributed by atoms with Crippen LogP contribution in [0, 0.1) is 5.41 Å². The molecule has 0 radical (unpaired) electrons. The van der Waals surface area contributed by atoms with E-state index in [1.54, 1.807) is 24.3 Å². The van der Waals surface area contributed by atoms with Gasteiger partial charge in [0.05, 0.1) is 5.41 Å². The molecule has 2 N–H and O–H groups in total. The fourth-order valence-electron chi connectivity index (χ4n) is 1.56. The molecule has 1 rings (SSSR count). The monoisotopic (exact) mass is 309 g/mol. The molecule has 0 spiro atoms. The second-order valence-corrected chi connectivity index (χ2v) is 6.65. The van der Waals surface area contributed by atoms with Crippen molar-refractivity contribution >= 4 is 5.97 Å². The topological polar surface area (TPSA) is 67.8 Å². The summed E-state index contributed by atoms with van der Waals surface area (Å²) in [6.07, 6.45) is -0.372. The molecule has 0 aliphatic heterocycles. The number of hydrogen-bond acceptors (Lipinski definition) is 5. The van der Waals surface area contributed by atoms with Crippen LogP contribution in [0.15, 0.2) is 24.3 Å². The molecule has 0 saturated heterocycles. The minimum absolute atomic E-state index is 0.185. The zero-order valence-corrected chi connectivity index (χ0v) is 14.1. The van der Waals surface area contributed by atoms with Crippen LogP contribution in [0.1, 0.15) is 34.6 Å². The summed E-state index contributed by atoms with van der Waals surface area (Å²) in [6, 6.07) is 6.75. The van der Waals surface area contributed by atoms with E-state index in [-0.39, 0.29) is 24.4 Å². The van der Waals surface area contributed by atoms with Gasteiger partial charge in [-0.1, -0.05) is 13.8 Å². The number of phenolic OH excluding ortho intramolecular Hbond substituents is 1. The van der Waals surface area contributed by atoms with Crippen LogP contribution in [0.4, 0.5) is 0 Å². The molecule has 0 aliphatic rings. The Bertz CT molecular complexity index is 463. The molecule has 124 valence electrons. The van der Waals surface area contributed by atoms with Crippen molar-refractivity contribution in [2.45, 2.75) is 46.8 Å². The third-order valence-electron chi connectivity index (χ3n) is 2.91. The molecule has 5 heteroatoms. The van der Waals surface area contributed by atoms with Crippen LogP contribution in [0.2, 0.25) is 0 Å². The van der Waals surface area contributed by atoms with Crippen LogP contribution in [-0.2, 0) is 9.53 Å². The van der Waals surface area contributed by atoms with Crippen molar-refractivity contribution in [1.29, 1.82) is 0 Å². The predicted molar refractivity (Wildman–Crippen MR) is 86.1 cm³/mol. The van der Waals surface area contributed by atoms with Crippen LogP contribution in [-0.4, -0.2) is 36.4 Å². The molecule has 1 aromatic carbocycles.